The molecular formula is C34H42ClN3O7. The molecule has 0 bridgehead atoms. The van der Waals surface area contributed by atoms with Crippen LogP contribution in [0.2, 0.25) is 5.02 Å². The third kappa shape index (κ3) is 7.64. The van der Waals surface area contributed by atoms with Crippen molar-refractivity contribution in [3.05, 3.63) is 77.0 Å². The summed E-state index contributed by atoms with van der Waals surface area (Å²) in [7, 11) is 3.11. The number of fused-ring (bicyclic) bond motifs is 1. The second-order valence-electron chi connectivity index (χ2n) is 12.3. The number of allylic oxidation sites excluding steroid dienone is 2. The molecule has 0 saturated carbocycles. The van der Waals surface area contributed by atoms with E-state index in [0.717, 1.165) is 6.54 Å². The Balaban J connectivity index is 1.49. The van der Waals surface area contributed by atoms with Crippen LogP contribution in [0.4, 0.5) is 5.69 Å². The molecule has 1 N–H and O–H groups in total. The van der Waals surface area contributed by atoms with Crippen molar-refractivity contribution in [2.24, 2.45) is 5.41 Å². The van der Waals surface area contributed by atoms with E-state index in [-0.39, 0.29) is 24.8 Å². The zero-order valence-electron chi connectivity index (χ0n) is 26.5. The van der Waals surface area contributed by atoms with Gasteiger partial charge in [0.2, 0.25) is 5.91 Å². The van der Waals surface area contributed by atoms with E-state index in [1.807, 2.05) is 57.3 Å². The van der Waals surface area contributed by atoms with Gasteiger partial charge in [0, 0.05) is 53.4 Å². The molecule has 2 aromatic carbocycles. The van der Waals surface area contributed by atoms with Gasteiger partial charge in [0.25, 0.3) is 5.91 Å². The molecule has 3 aliphatic rings. The molecule has 0 aromatic heterocycles. The first-order chi connectivity index (χ1) is 21.5. The lowest BCUT2D eigenvalue weighted by Crippen LogP contribution is -2.53. The zero-order valence-corrected chi connectivity index (χ0v) is 27.3. The Morgan fingerprint density at radius 1 is 1.07 bits per heavy atom. The Bertz CT molecular complexity index is 1450. The van der Waals surface area contributed by atoms with Gasteiger partial charge in [-0.05, 0) is 50.4 Å². The van der Waals surface area contributed by atoms with E-state index < -0.39 is 23.4 Å². The average molecular weight is 640 g/mol. The summed E-state index contributed by atoms with van der Waals surface area (Å²) in [4.78, 5) is 31.6. The summed E-state index contributed by atoms with van der Waals surface area (Å²) < 4.78 is 30.0. The standard InChI is InChI=1S/C34H42ClN3O7/c1-33(2)43-21-34(3,22-44-33)20-38-26-13-12-23(35)18-25(26)30(24-10-9-11-27(41-4)31(24)42-5)45-28(32(38)40)19-29(39)36-14-17-37-15-7-6-8-16-37/h6-13,15,18,28,30H,14,16-17,19-22H2,1-5H3,(H,36,39). The first-order valence-electron chi connectivity index (χ1n) is 15.1. The predicted molar refractivity (Wildman–Crippen MR) is 172 cm³/mol. The highest BCUT2D eigenvalue weighted by atomic mass is 35.5. The number of methoxy groups -OCH3 is 2. The number of carbonyl (C=O) groups excluding carboxylic acids is 2. The summed E-state index contributed by atoms with van der Waals surface area (Å²) >= 11 is 6.56. The molecule has 3 aliphatic heterocycles. The smallest absolute Gasteiger partial charge is 0.256 e. The van der Waals surface area contributed by atoms with Crippen molar-refractivity contribution in [1.29, 1.82) is 0 Å². The van der Waals surface area contributed by atoms with Crippen LogP contribution in [-0.2, 0) is 23.8 Å². The second kappa shape index (κ2) is 13.8. The Morgan fingerprint density at radius 3 is 2.53 bits per heavy atom. The molecule has 0 spiro atoms. The number of benzene rings is 2. The fourth-order valence-electron chi connectivity index (χ4n) is 5.73. The summed E-state index contributed by atoms with van der Waals surface area (Å²) in [6.07, 6.45) is 5.89. The minimum absolute atomic E-state index is 0.174. The monoisotopic (exact) mass is 639 g/mol. The van der Waals surface area contributed by atoms with Crippen molar-refractivity contribution in [2.45, 2.75) is 45.2 Å². The number of para-hydroxylation sites is 1. The fraction of sp³-hybridized carbons (Fsp3) is 0.471. The number of carbonyl (C=O) groups is 2. The van der Waals surface area contributed by atoms with E-state index >= 15 is 0 Å². The maximum absolute atomic E-state index is 14.5. The lowest BCUT2D eigenvalue weighted by Gasteiger charge is -2.43. The number of rotatable bonds is 10. The van der Waals surface area contributed by atoms with Crippen LogP contribution in [-0.4, -0.2) is 82.2 Å². The first-order valence-corrected chi connectivity index (χ1v) is 15.5. The number of hydrogen-bond donors (Lipinski definition) is 1. The van der Waals surface area contributed by atoms with Gasteiger partial charge in [-0.3, -0.25) is 9.59 Å². The van der Waals surface area contributed by atoms with Crippen LogP contribution in [0.15, 0.2) is 60.8 Å². The van der Waals surface area contributed by atoms with Crippen molar-refractivity contribution in [2.75, 3.05) is 58.5 Å². The third-order valence-electron chi connectivity index (χ3n) is 8.17. The molecule has 45 heavy (non-hydrogen) atoms. The summed E-state index contributed by atoms with van der Waals surface area (Å²) in [5, 5.41) is 3.44. The third-order valence-corrected chi connectivity index (χ3v) is 8.41. The highest BCUT2D eigenvalue weighted by Crippen LogP contribution is 2.46. The molecule has 0 radical (unpaired) electrons. The normalized spacial score (nSPS) is 22.0. The van der Waals surface area contributed by atoms with Crippen LogP contribution in [0.5, 0.6) is 11.5 Å². The average Bonchev–Trinajstić information content (AvgIpc) is 3.13. The minimum Gasteiger partial charge on any atom is -0.493 e. The lowest BCUT2D eigenvalue weighted by molar-refractivity contribution is -0.280. The number of halogens is 1. The van der Waals surface area contributed by atoms with Gasteiger partial charge >= 0.3 is 0 Å². The molecule has 2 atom stereocenters. The van der Waals surface area contributed by atoms with Crippen molar-refractivity contribution in [1.82, 2.24) is 10.2 Å². The SMILES string of the molecule is COc1cccc(C2OC(CC(=O)NCCN3C=CC=CC3)C(=O)N(CC3(C)COC(C)(C)OC3)c3ccc(Cl)cc32)c1OC. The molecule has 10 nitrogen and oxygen atoms in total. The predicted octanol–water partition coefficient (Wildman–Crippen LogP) is 4.86. The Kier molecular flexibility index (Phi) is 10.1. The number of ether oxygens (including phenoxy) is 5. The van der Waals surface area contributed by atoms with Crippen molar-refractivity contribution in [3.63, 3.8) is 0 Å². The molecule has 1 fully saturated rings. The van der Waals surface area contributed by atoms with Gasteiger partial charge in [0.05, 0.1) is 33.9 Å². The molecule has 3 heterocycles. The Labute approximate surface area is 269 Å². The fourth-order valence-corrected chi connectivity index (χ4v) is 5.91. The highest BCUT2D eigenvalue weighted by molar-refractivity contribution is 6.30. The molecule has 11 heteroatoms. The Hall–Kier alpha value is -3.57. The van der Waals surface area contributed by atoms with Crippen LogP contribution in [0.25, 0.3) is 0 Å². The topological polar surface area (TPSA) is 98.8 Å². The molecule has 2 unspecified atom stereocenters. The number of nitrogens with zero attached hydrogens (tertiary/aromatic N) is 2. The van der Waals surface area contributed by atoms with Gasteiger partial charge in [-0.2, -0.15) is 0 Å². The number of nitrogens with one attached hydrogen (secondary N) is 1. The zero-order chi connectivity index (χ0) is 32.2. The van der Waals surface area contributed by atoms with Gasteiger partial charge in [-0.1, -0.05) is 42.8 Å². The van der Waals surface area contributed by atoms with Crippen LogP contribution >= 0.6 is 11.6 Å². The number of anilines is 1. The maximum atomic E-state index is 14.5. The molecule has 2 amide bonds. The van der Waals surface area contributed by atoms with Gasteiger partial charge < -0.3 is 38.8 Å². The Morgan fingerprint density at radius 2 is 1.84 bits per heavy atom. The van der Waals surface area contributed by atoms with Crippen LogP contribution in [0, 0.1) is 5.41 Å². The van der Waals surface area contributed by atoms with E-state index in [0.29, 0.717) is 59.6 Å². The summed E-state index contributed by atoms with van der Waals surface area (Å²) in [5.74, 6) is -0.369. The molecule has 1 saturated heterocycles. The molecule has 0 aliphatic carbocycles. The summed E-state index contributed by atoms with van der Waals surface area (Å²) in [6.45, 7) is 8.63. The van der Waals surface area contributed by atoms with E-state index in [2.05, 4.69) is 16.3 Å². The molecule has 2 aromatic rings. The highest BCUT2D eigenvalue weighted by Gasteiger charge is 2.44. The van der Waals surface area contributed by atoms with Gasteiger partial charge in [0.15, 0.2) is 17.3 Å². The quantitative estimate of drug-likeness (QED) is 0.394. The van der Waals surface area contributed by atoms with Crippen molar-refractivity contribution < 1.29 is 33.3 Å². The maximum Gasteiger partial charge on any atom is 0.256 e. The first kappa shape index (κ1) is 32.8. The van der Waals surface area contributed by atoms with Crippen LogP contribution in [0.3, 0.4) is 0 Å². The van der Waals surface area contributed by atoms with E-state index in [4.69, 9.17) is 35.3 Å². The largest absolute Gasteiger partial charge is 0.493 e. The minimum atomic E-state index is -1.11. The molecular weight excluding hydrogens is 598 g/mol. The number of amides is 2. The number of hydrogen-bond acceptors (Lipinski definition) is 8. The summed E-state index contributed by atoms with van der Waals surface area (Å²) in [5.41, 5.74) is 1.40. The van der Waals surface area contributed by atoms with Gasteiger partial charge in [-0.25, -0.2) is 0 Å². The molecule has 242 valence electrons. The second-order valence-corrected chi connectivity index (χ2v) is 12.8. The van der Waals surface area contributed by atoms with E-state index in [1.54, 1.807) is 37.3 Å². The van der Waals surface area contributed by atoms with E-state index in [1.165, 1.54) is 0 Å². The van der Waals surface area contributed by atoms with Gasteiger partial charge in [0.1, 0.15) is 12.2 Å². The van der Waals surface area contributed by atoms with Crippen molar-refractivity contribution >= 4 is 29.1 Å². The van der Waals surface area contributed by atoms with E-state index in [9.17, 15) is 9.59 Å². The summed E-state index contributed by atoms with van der Waals surface area (Å²) in [6, 6.07) is 10.8. The van der Waals surface area contributed by atoms with Gasteiger partial charge in [-0.15, -0.1) is 0 Å². The van der Waals surface area contributed by atoms with Crippen LogP contribution < -0.4 is 19.7 Å². The molecule has 5 rings (SSSR count). The lowest BCUT2D eigenvalue weighted by atomic mass is 9.89. The van der Waals surface area contributed by atoms with Crippen molar-refractivity contribution in [3.8, 4) is 11.5 Å². The van der Waals surface area contributed by atoms with Crippen LogP contribution in [0.1, 0.15) is 44.4 Å².